The molecule has 1 aromatic heterocycles. The number of carbonyl (C=O) groups is 2. The van der Waals surface area contributed by atoms with E-state index in [1.54, 1.807) is 42.5 Å². The van der Waals surface area contributed by atoms with E-state index in [1.807, 2.05) is 13.8 Å². The normalized spacial score (nSPS) is 12.0. The summed E-state index contributed by atoms with van der Waals surface area (Å²) in [6, 6.07) is 11.4. The fraction of sp³-hybridized carbons (Fsp3) is 0.250. The molecule has 1 heterocycles. The predicted molar refractivity (Wildman–Crippen MR) is 105 cm³/mol. The number of H-pyrrole nitrogens is 2. The molecule has 146 valence electrons. The van der Waals surface area contributed by atoms with Gasteiger partial charge in [-0.15, -0.1) is 0 Å². The quantitative estimate of drug-likeness (QED) is 0.567. The molecule has 1 atom stereocenters. The molecule has 0 bridgehead atoms. The Morgan fingerprint density at radius 3 is 2.32 bits per heavy atom. The number of nitrogens with one attached hydrogen (secondary N) is 3. The molecule has 0 unspecified atom stereocenters. The number of hydrogen-bond acceptors (Lipinski definition) is 5. The van der Waals surface area contributed by atoms with Crippen molar-refractivity contribution in [3.05, 3.63) is 58.5 Å². The Hall–Kier alpha value is -3.55. The molecule has 1 amide bonds. The number of hydrogen-bond donors (Lipinski definition) is 3. The average Bonchev–Trinajstić information content (AvgIpc) is 3.01. The largest absolute Gasteiger partial charge is 0.491 e. The van der Waals surface area contributed by atoms with Gasteiger partial charge in [0.15, 0.2) is 6.10 Å². The lowest BCUT2D eigenvalue weighted by Crippen LogP contribution is -2.30. The van der Waals surface area contributed by atoms with E-state index in [2.05, 4.69) is 15.3 Å². The molecule has 0 aliphatic carbocycles. The standard InChI is InChI=1S/C20H21N3O5/c1-11(2)27-15-7-4-13(5-8-15)19(25)28-12(3)18(24)21-14-6-9-16-17(10-14)23-20(26)22-16/h4-12H,1-3H3,(H,21,24)(H2,22,23,26)/t12-/m0/s1. The monoisotopic (exact) mass is 383 g/mol. The van der Waals surface area contributed by atoms with E-state index in [0.29, 0.717) is 28.0 Å². The van der Waals surface area contributed by atoms with Gasteiger partial charge in [0.1, 0.15) is 5.75 Å². The molecule has 0 aliphatic rings. The smallest absolute Gasteiger partial charge is 0.338 e. The summed E-state index contributed by atoms with van der Waals surface area (Å²) in [5.74, 6) is -0.440. The Morgan fingerprint density at radius 1 is 0.964 bits per heavy atom. The maximum absolute atomic E-state index is 12.3. The highest BCUT2D eigenvalue weighted by Gasteiger charge is 2.19. The van der Waals surface area contributed by atoms with Gasteiger partial charge >= 0.3 is 11.7 Å². The second-order valence-electron chi connectivity index (χ2n) is 6.57. The van der Waals surface area contributed by atoms with Crippen LogP contribution in [0.1, 0.15) is 31.1 Å². The van der Waals surface area contributed by atoms with Crippen LogP contribution < -0.4 is 15.7 Å². The third-order valence-corrected chi connectivity index (χ3v) is 3.90. The lowest BCUT2D eigenvalue weighted by Gasteiger charge is -2.14. The number of aromatic nitrogens is 2. The van der Waals surface area contributed by atoms with E-state index in [9.17, 15) is 14.4 Å². The minimum atomic E-state index is -1.000. The third-order valence-electron chi connectivity index (χ3n) is 3.90. The molecule has 0 saturated carbocycles. The molecule has 0 spiro atoms. The number of carbonyl (C=O) groups excluding carboxylic acids is 2. The van der Waals surface area contributed by atoms with E-state index in [4.69, 9.17) is 9.47 Å². The number of imidazole rings is 1. The fourth-order valence-electron chi connectivity index (χ4n) is 2.58. The molecule has 0 aliphatic heterocycles. The summed E-state index contributed by atoms with van der Waals surface area (Å²) in [4.78, 5) is 41.1. The van der Waals surface area contributed by atoms with Crippen molar-refractivity contribution in [2.75, 3.05) is 5.32 Å². The van der Waals surface area contributed by atoms with Crippen LogP contribution in [-0.4, -0.2) is 34.1 Å². The summed E-state index contributed by atoms with van der Waals surface area (Å²) in [5, 5.41) is 2.66. The third kappa shape index (κ3) is 4.59. The molecule has 0 saturated heterocycles. The summed E-state index contributed by atoms with van der Waals surface area (Å²) < 4.78 is 10.8. The van der Waals surface area contributed by atoms with Gasteiger partial charge in [0, 0.05) is 5.69 Å². The van der Waals surface area contributed by atoms with Gasteiger partial charge < -0.3 is 24.8 Å². The lowest BCUT2D eigenvalue weighted by molar-refractivity contribution is -0.123. The average molecular weight is 383 g/mol. The topological polar surface area (TPSA) is 113 Å². The highest BCUT2D eigenvalue weighted by Crippen LogP contribution is 2.17. The maximum Gasteiger partial charge on any atom is 0.338 e. The summed E-state index contributed by atoms with van der Waals surface area (Å²) in [6.45, 7) is 5.31. The van der Waals surface area contributed by atoms with Crippen LogP contribution in [0.5, 0.6) is 5.75 Å². The highest BCUT2D eigenvalue weighted by atomic mass is 16.5. The Morgan fingerprint density at radius 2 is 1.64 bits per heavy atom. The molecular weight excluding hydrogens is 362 g/mol. The van der Waals surface area contributed by atoms with E-state index >= 15 is 0 Å². The van der Waals surface area contributed by atoms with Gasteiger partial charge in [-0.05, 0) is 63.2 Å². The lowest BCUT2D eigenvalue weighted by atomic mass is 10.2. The predicted octanol–water partition coefficient (Wildman–Crippen LogP) is 2.83. The second-order valence-corrected chi connectivity index (χ2v) is 6.57. The van der Waals surface area contributed by atoms with E-state index < -0.39 is 18.0 Å². The first kappa shape index (κ1) is 19.2. The first-order valence-electron chi connectivity index (χ1n) is 8.82. The number of amides is 1. The van der Waals surface area contributed by atoms with Crippen molar-refractivity contribution in [3.63, 3.8) is 0 Å². The SMILES string of the molecule is CC(C)Oc1ccc(C(=O)O[C@@H](C)C(=O)Nc2ccc3[nH]c(=O)[nH]c3c2)cc1. The number of benzene rings is 2. The molecule has 0 fully saturated rings. The van der Waals surface area contributed by atoms with Gasteiger partial charge in [-0.3, -0.25) is 4.79 Å². The molecule has 0 radical (unpaired) electrons. The van der Waals surface area contributed by atoms with Crippen LogP contribution in [0.25, 0.3) is 11.0 Å². The number of aromatic amines is 2. The molecular formula is C20H21N3O5. The molecule has 3 N–H and O–H groups in total. The van der Waals surface area contributed by atoms with Gasteiger partial charge in [-0.25, -0.2) is 9.59 Å². The van der Waals surface area contributed by atoms with Crippen molar-refractivity contribution in [2.45, 2.75) is 33.0 Å². The second kappa shape index (κ2) is 7.99. The van der Waals surface area contributed by atoms with Gasteiger partial charge in [0.2, 0.25) is 0 Å². The van der Waals surface area contributed by atoms with Crippen molar-refractivity contribution in [1.82, 2.24) is 9.97 Å². The number of ether oxygens (including phenoxy) is 2. The van der Waals surface area contributed by atoms with Gasteiger partial charge in [-0.2, -0.15) is 0 Å². The summed E-state index contributed by atoms with van der Waals surface area (Å²) >= 11 is 0. The number of rotatable bonds is 6. The van der Waals surface area contributed by atoms with Gasteiger partial charge in [-0.1, -0.05) is 0 Å². The molecule has 3 aromatic rings. The number of esters is 1. The summed E-state index contributed by atoms with van der Waals surface area (Å²) in [5.41, 5.74) is 1.67. The maximum atomic E-state index is 12.3. The van der Waals surface area contributed by atoms with Crippen LogP contribution in [0.3, 0.4) is 0 Å². The molecule has 2 aromatic carbocycles. The zero-order valence-electron chi connectivity index (χ0n) is 15.7. The minimum absolute atomic E-state index is 0.0323. The van der Waals surface area contributed by atoms with Crippen LogP contribution in [-0.2, 0) is 9.53 Å². The van der Waals surface area contributed by atoms with E-state index in [-0.39, 0.29) is 11.8 Å². The molecule has 8 nitrogen and oxygen atoms in total. The van der Waals surface area contributed by atoms with Crippen molar-refractivity contribution in [1.29, 1.82) is 0 Å². The first-order valence-corrected chi connectivity index (χ1v) is 8.82. The Kier molecular flexibility index (Phi) is 5.49. The van der Waals surface area contributed by atoms with Gasteiger partial charge in [0.05, 0.1) is 22.7 Å². The zero-order valence-corrected chi connectivity index (χ0v) is 15.7. The molecule has 3 rings (SSSR count). The Balaban J connectivity index is 1.60. The van der Waals surface area contributed by atoms with Crippen LogP contribution in [0.2, 0.25) is 0 Å². The van der Waals surface area contributed by atoms with Crippen molar-refractivity contribution < 1.29 is 19.1 Å². The van der Waals surface area contributed by atoms with Crippen LogP contribution in [0, 0.1) is 0 Å². The fourth-order valence-corrected chi connectivity index (χ4v) is 2.58. The summed E-state index contributed by atoms with van der Waals surface area (Å²) in [7, 11) is 0. The summed E-state index contributed by atoms with van der Waals surface area (Å²) in [6.07, 6.45) is -0.968. The highest BCUT2D eigenvalue weighted by molar-refractivity contribution is 5.98. The van der Waals surface area contributed by atoms with Crippen molar-refractivity contribution >= 4 is 28.6 Å². The van der Waals surface area contributed by atoms with Crippen molar-refractivity contribution in [3.8, 4) is 5.75 Å². The number of fused-ring (bicyclic) bond motifs is 1. The number of anilines is 1. The minimum Gasteiger partial charge on any atom is -0.491 e. The van der Waals surface area contributed by atoms with E-state index in [1.165, 1.54) is 6.92 Å². The Labute approximate surface area is 160 Å². The van der Waals surface area contributed by atoms with Crippen LogP contribution in [0.15, 0.2) is 47.3 Å². The molecule has 8 heteroatoms. The van der Waals surface area contributed by atoms with E-state index in [0.717, 1.165) is 0 Å². The first-order chi connectivity index (χ1) is 13.3. The van der Waals surface area contributed by atoms with Crippen molar-refractivity contribution in [2.24, 2.45) is 0 Å². The van der Waals surface area contributed by atoms with Crippen LogP contribution >= 0.6 is 0 Å². The van der Waals surface area contributed by atoms with Crippen LogP contribution in [0.4, 0.5) is 5.69 Å². The Bertz CT molecular complexity index is 1050. The zero-order chi connectivity index (χ0) is 20.3. The molecule has 28 heavy (non-hydrogen) atoms. The van der Waals surface area contributed by atoms with Gasteiger partial charge in [0.25, 0.3) is 5.91 Å².